The fourth-order valence-electron chi connectivity index (χ4n) is 1.43. The highest BCUT2D eigenvalue weighted by Crippen LogP contribution is 2.21. The second-order valence-electron chi connectivity index (χ2n) is 4.17. The van der Waals surface area contributed by atoms with Crippen LogP contribution in [0.4, 0.5) is 5.69 Å². The average molecular weight is 291 g/mol. The van der Waals surface area contributed by atoms with Crippen LogP contribution < -0.4 is 4.72 Å². The van der Waals surface area contributed by atoms with E-state index >= 15 is 0 Å². The van der Waals surface area contributed by atoms with Crippen molar-refractivity contribution < 1.29 is 16.8 Å². The van der Waals surface area contributed by atoms with Gasteiger partial charge in [0.05, 0.1) is 16.3 Å². The van der Waals surface area contributed by atoms with Crippen molar-refractivity contribution in [2.24, 2.45) is 0 Å². The summed E-state index contributed by atoms with van der Waals surface area (Å²) in [5, 5.41) is 0. The second kappa shape index (κ2) is 5.27. The zero-order valence-corrected chi connectivity index (χ0v) is 12.2. The van der Waals surface area contributed by atoms with Gasteiger partial charge in [-0.05, 0) is 31.0 Å². The van der Waals surface area contributed by atoms with Crippen LogP contribution in [0.15, 0.2) is 23.1 Å². The third-order valence-electron chi connectivity index (χ3n) is 2.38. The summed E-state index contributed by atoms with van der Waals surface area (Å²) in [7, 11) is -6.76. The standard InChI is InChI=1S/C11H17NO4S2/c1-4-7-18(15,16)12-11-8-10(17(3,13)14)6-5-9(11)2/h5-6,8,12H,4,7H2,1-3H3. The number of benzene rings is 1. The van der Waals surface area contributed by atoms with Gasteiger partial charge in [0.1, 0.15) is 0 Å². The largest absolute Gasteiger partial charge is 0.283 e. The fraction of sp³-hybridized carbons (Fsp3) is 0.455. The minimum absolute atomic E-state index is 0.00947. The summed E-state index contributed by atoms with van der Waals surface area (Å²) in [6.07, 6.45) is 1.59. The number of aryl methyl sites for hydroxylation is 1. The Bertz CT molecular complexity index is 633. The molecular formula is C11H17NO4S2. The Hall–Kier alpha value is -1.08. The normalized spacial score (nSPS) is 12.4. The lowest BCUT2D eigenvalue weighted by molar-refractivity contribution is 0.598. The van der Waals surface area contributed by atoms with Crippen molar-refractivity contribution in [1.82, 2.24) is 0 Å². The predicted octanol–water partition coefficient (Wildman–Crippen LogP) is 1.55. The first-order chi connectivity index (χ1) is 8.15. The van der Waals surface area contributed by atoms with Gasteiger partial charge in [0.2, 0.25) is 10.0 Å². The van der Waals surface area contributed by atoms with Gasteiger partial charge in [0.15, 0.2) is 9.84 Å². The highest BCUT2D eigenvalue weighted by atomic mass is 32.2. The first-order valence-electron chi connectivity index (χ1n) is 5.47. The van der Waals surface area contributed by atoms with Gasteiger partial charge >= 0.3 is 0 Å². The van der Waals surface area contributed by atoms with Crippen LogP contribution in [0.5, 0.6) is 0 Å². The maximum atomic E-state index is 11.7. The molecule has 1 aromatic carbocycles. The van der Waals surface area contributed by atoms with Gasteiger partial charge in [-0.1, -0.05) is 13.0 Å². The molecule has 0 bridgehead atoms. The Kier molecular flexibility index (Phi) is 4.39. The number of hydrogen-bond donors (Lipinski definition) is 1. The van der Waals surface area contributed by atoms with E-state index in [1.165, 1.54) is 12.1 Å². The first-order valence-corrected chi connectivity index (χ1v) is 9.01. The Morgan fingerprint density at radius 3 is 2.28 bits per heavy atom. The summed E-state index contributed by atoms with van der Waals surface area (Å²) in [6, 6.07) is 4.39. The molecule has 7 heteroatoms. The number of nitrogens with one attached hydrogen (secondary N) is 1. The van der Waals surface area contributed by atoms with Crippen LogP contribution in [0.25, 0.3) is 0 Å². The molecule has 1 rings (SSSR count). The molecule has 0 aliphatic rings. The van der Waals surface area contributed by atoms with Gasteiger partial charge in [-0.25, -0.2) is 16.8 Å². The molecule has 0 aromatic heterocycles. The van der Waals surface area contributed by atoms with E-state index in [0.29, 0.717) is 17.7 Å². The number of anilines is 1. The van der Waals surface area contributed by atoms with Gasteiger partial charge in [-0.3, -0.25) is 4.72 Å². The van der Waals surface area contributed by atoms with Crippen LogP contribution in [0.1, 0.15) is 18.9 Å². The minimum Gasteiger partial charge on any atom is -0.283 e. The SMILES string of the molecule is CCCS(=O)(=O)Nc1cc(S(C)(=O)=O)ccc1C. The molecule has 0 saturated heterocycles. The van der Waals surface area contributed by atoms with Gasteiger partial charge in [-0.2, -0.15) is 0 Å². The van der Waals surface area contributed by atoms with Crippen LogP contribution >= 0.6 is 0 Å². The van der Waals surface area contributed by atoms with Crippen LogP contribution in [0.3, 0.4) is 0 Å². The average Bonchev–Trinajstić information content (AvgIpc) is 2.19. The summed E-state index contributed by atoms with van der Waals surface area (Å²) < 4.78 is 48.5. The van der Waals surface area contributed by atoms with Gasteiger partial charge in [0, 0.05) is 6.26 Å². The maximum Gasteiger partial charge on any atom is 0.232 e. The molecule has 0 heterocycles. The van der Waals surface area contributed by atoms with Crippen molar-refractivity contribution in [3.8, 4) is 0 Å². The third kappa shape index (κ3) is 3.99. The number of sulfonamides is 1. The molecule has 0 atom stereocenters. The minimum atomic E-state index is -3.41. The Balaban J connectivity index is 3.18. The highest BCUT2D eigenvalue weighted by molar-refractivity contribution is 7.92. The molecule has 0 fully saturated rings. The van der Waals surface area contributed by atoms with Gasteiger partial charge < -0.3 is 0 Å². The molecule has 0 aliphatic heterocycles. The molecule has 0 unspecified atom stereocenters. The van der Waals surface area contributed by atoms with Crippen molar-refractivity contribution >= 4 is 25.5 Å². The molecule has 1 N–H and O–H groups in total. The molecule has 5 nitrogen and oxygen atoms in total. The Labute approximate surface area is 108 Å². The van der Waals surface area contributed by atoms with Crippen molar-refractivity contribution in [1.29, 1.82) is 0 Å². The monoisotopic (exact) mass is 291 g/mol. The summed E-state index contributed by atoms with van der Waals surface area (Å²) >= 11 is 0. The molecule has 0 radical (unpaired) electrons. The molecule has 0 aliphatic carbocycles. The second-order valence-corrected chi connectivity index (χ2v) is 8.03. The molecule has 0 amide bonds. The lowest BCUT2D eigenvalue weighted by Crippen LogP contribution is -2.17. The molecule has 0 spiro atoms. The van der Waals surface area contributed by atoms with Crippen molar-refractivity contribution in [3.05, 3.63) is 23.8 Å². The molecule has 18 heavy (non-hydrogen) atoms. The topological polar surface area (TPSA) is 80.3 Å². The Morgan fingerprint density at radius 2 is 1.78 bits per heavy atom. The lowest BCUT2D eigenvalue weighted by Gasteiger charge is -2.11. The van der Waals surface area contributed by atoms with E-state index < -0.39 is 19.9 Å². The quantitative estimate of drug-likeness (QED) is 0.892. The number of rotatable bonds is 5. The van der Waals surface area contributed by atoms with E-state index in [2.05, 4.69) is 4.72 Å². The summed E-state index contributed by atoms with van der Waals surface area (Å²) in [4.78, 5) is 0.0994. The van der Waals surface area contributed by atoms with E-state index in [9.17, 15) is 16.8 Å². The van der Waals surface area contributed by atoms with E-state index in [1.807, 2.05) is 0 Å². The lowest BCUT2D eigenvalue weighted by atomic mass is 10.2. The van der Waals surface area contributed by atoms with Gasteiger partial charge in [0.25, 0.3) is 0 Å². The zero-order valence-electron chi connectivity index (χ0n) is 10.6. The predicted molar refractivity (Wildman–Crippen MR) is 72.0 cm³/mol. The van der Waals surface area contributed by atoms with Crippen LogP contribution in [-0.4, -0.2) is 28.8 Å². The van der Waals surface area contributed by atoms with Crippen LogP contribution in [0, 0.1) is 6.92 Å². The number of hydrogen-bond acceptors (Lipinski definition) is 4. The van der Waals surface area contributed by atoms with Crippen LogP contribution in [-0.2, 0) is 19.9 Å². The van der Waals surface area contributed by atoms with Crippen molar-refractivity contribution in [3.63, 3.8) is 0 Å². The van der Waals surface area contributed by atoms with E-state index in [1.54, 1.807) is 19.9 Å². The van der Waals surface area contributed by atoms with E-state index in [0.717, 1.165) is 6.26 Å². The summed E-state index contributed by atoms with van der Waals surface area (Å²) in [5.74, 6) is 0.00947. The molecule has 1 aromatic rings. The summed E-state index contributed by atoms with van der Waals surface area (Å²) in [6.45, 7) is 3.48. The molecule has 0 saturated carbocycles. The van der Waals surface area contributed by atoms with Gasteiger partial charge in [-0.15, -0.1) is 0 Å². The van der Waals surface area contributed by atoms with E-state index in [4.69, 9.17) is 0 Å². The van der Waals surface area contributed by atoms with Crippen LogP contribution in [0.2, 0.25) is 0 Å². The Morgan fingerprint density at radius 1 is 1.17 bits per heavy atom. The first kappa shape index (κ1) is 15.0. The highest BCUT2D eigenvalue weighted by Gasteiger charge is 2.14. The van der Waals surface area contributed by atoms with Crippen molar-refractivity contribution in [2.45, 2.75) is 25.2 Å². The third-order valence-corrected chi connectivity index (χ3v) is 4.96. The smallest absolute Gasteiger partial charge is 0.232 e. The maximum absolute atomic E-state index is 11.7. The molecular weight excluding hydrogens is 274 g/mol. The van der Waals surface area contributed by atoms with Crippen molar-refractivity contribution in [2.75, 3.05) is 16.7 Å². The number of sulfone groups is 1. The van der Waals surface area contributed by atoms with E-state index in [-0.39, 0.29) is 10.6 Å². The zero-order chi connectivity index (χ0) is 14.0. The summed E-state index contributed by atoms with van der Waals surface area (Å²) in [5.41, 5.74) is 0.994. The molecule has 102 valence electrons. The fourth-order valence-corrected chi connectivity index (χ4v) is 3.27.